The third-order valence-corrected chi connectivity index (χ3v) is 6.73. The molecule has 36 heavy (non-hydrogen) atoms. The highest BCUT2D eigenvalue weighted by molar-refractivity contribution is 5.90. The third-order valence-electron chi connectivity index (χ3n) is 6.73. The molecule has 0 radical (unpaired) electrons. The second-order valence-corrected chi connectivity index (χ2v) is 9.74. The number of amides is 1. The van der Waals surface area contributed by atoms with Crippen molar-refractivity contribution in [2.24, 2.45) is 11.8 Å². The summed E-state index contributed by atoms with van der Waals surface area (Å²) in [5.74, 6) is 0.594. The minimum atomic E-state index is -0.383. The number of hydrogen-bond donors (Lipinski definition) is 1. The third kappa shape index (κ3) is 6.28. The lowest BCUT2D eigenvalue weighted by atomic mass is 9.87. The molecule has 0 saturated heterocycles. The summed E-state index contributed by atoms with van der Waals surface area (Å²) in [6, 6.07) is 12.0. The molecule has 3 rings (SSSR count). The van der Waals surface area contributed by atoms with Crippen LogP contribution in [0.3, 0.4) is 0 Å². The van der Waals surface area contributed by atoms with Crippen LogP contribution in [0.1, 0.15) is 67.6 Å². The summed E-state index contributed by atoms with van der Waals surface area (Å²) in [5.41, 5.74) is 5.02. The van der Waals surface area contributed by atoms with Gasteiger partial charge in [0.05, 0.1) is 19.8 Å². The first-order valence-electron chi connectivity index (χ1n) is 13.0. The van der Waals surface area contributed by atoms with Crippen molar-refractivity contribution in [2.45, 2.75) is 59.9 Å². The maximum absolute atomic E-state index is 12.8. The van der Waals surface area contributed by atoms with E-state index in [9.17, 15) is 9.59 Å². The lowest BCUT2D eigenvalue weighted by Gasteiger charge is -2.20. The van der Waals surface area contributed by atoms with Crippen molar-refractivity contribution in [1.82, 2.24) is 9.88 Å². The van der Waals surface area contributed by atoms with Gasteiger partial charge >= 0.3 is 5.97 Å². The molecule has 0 bridgehead atoms. The topological polar surface area (TPSA) is 69.6 Å². The van der Waals surface area contributed by atoms with Gasteiger partial charge in [-0.25, -0.2) is 4.79 Å². The average Bonchev–Trinajstić information content (AvgIpc) is 3.21. The number of rotatable bonds is 12. The molecule has 1 aromatic heterocycles. The van der Waals surface area contributed by atoms with Crippen LogP contribution < -0.4 is 10.1 Å². The Hall–Kier alpha value is -3.28. The Bertz CT molecular complexity index is 1200. The molecular formula is C30H40N2O4. The number of carbonyl (C=O) groups is 2. The van der Waals surface area contributed by atoms with Gasteiger partial charge in [0, 0.05) is 42.5 Å². The summed E-state index contributed by atoms with van der Waals surface area (Å²) in [4.78, 5) is 24.8. The van der Waals surface area contributed by atoms with Crippen molar-refractivity contribution in [2.75, 3.05) is 20.8 Å². The van der Waals surface area contributed by atoms with Gasteiger partial charge in [0.2, 0.25) is 5.91 Å². The van der Waals surface area contributed by atoms with Gasteiger partial charge in [0.15, 0.2) is 0 Å². The number of nitrogens with one attached hydrogen (secondary N) is 1. The number of hydrogen-bond acceptors (Lipinski definition) is 4. The van der Waals surface area contributed by atoms with Crippen molar-refractivity contribution in [3.63, 3.8) is 0 Å². The molecule has 1 heterocycles. The van der Waals surface area contributed by atoms with Gasteiger partial charge in [0.1, 0.15) is 5.75 Å². The monoisotopic (exact) mass is 492 g/mol. The molecule has 0 spiro atoms. The Labute approximate surface area is 215 Å². The molecule has 0 aliphatic rings. The number of fused-ring (bicyclic) bond motifs is 1. The van der Waals surface area contributed by atoms with E-state index in [1.807, 2.05) is 6.07 Å². The van der Waals surface area contributed by atoms with E-state index < -0.39 is 0 Å². The van der Waals surface area contributed by atoms with E-state index in [-0.39, 0.29) is 23.7 Å². The molecule has 0 aliphatic carbocycles. The van der Waals surface area contributed by atoms with Crippen molar-refractivity contribution in [1.29, 1.82) is 0 Å². The fourth-order valence-corrected chi connectivity index (χ4v) is 4.72. The van der Waals surface area contributed by atoms with Gasteiger partial charge < -0.3 is 19.4 Å². The number of esters is 1. The highest BCUT2D eigenvalue weighted by atomic mass is 16.5. The lowest BCUT2D eigenvalue weighted by molar-refractivity contribution is -0.126. The van der Waals surface area contributed by atoms with E-state index in [1.165, 1.54) is 23.6 Å². The fraction of sp³-hybridized carbons (Fsp3) is 0.467. The normalized spacial score (nSPS) is 12.1. The number of ether oxygens (including phenoxy) is 2. The van der Waals surface area contributed by atoms with Crippen LogP contribution in [0.5, 0.6) is 5.75 Å². The standard InChI is InChI=1S/C30H40N2O4/c1-7-13-31-29(33)25(20(3)4)15-21-9-12-27-26(16-21)24(19-32(27)14-8-2)17-22-10-11-23(30(34)36-6)18-28(22)35-5/h9-12,16,18-20,25H,7-8,13-15,17H2,1-6H3,(H,31,33). The average molecular weight is 493 g/mol. The van der Waals surface area contributed by atoms with Crippen molar-refractivity contribution in [3.05, 3.63) is 64.8 Å². The van der Waals surface area contributed by atoms with Crippen molar-refractivity contribution >= 4 is 22.8 Å². The second kappa shape index (κ2) is 12.6. The quantitative estimate of drug-likeness (QED) is 0.326. The van der Waals surface area contributed by atoms with Gasteiger partial charge in [-0.1, -0.05) is 39.8 Å². The predicted octanol–water partition coefficient (Wildman–Crippen LogP) is 5.78. The Morgan fingerprint density at radius 2 is 1.78 bits per heavy atom. The summed E-state index contributed by atoms with van der Waals surface area (Å²) in [6.45, 7) is 10.1. The van der Waals surface area contributed by atoms with Crippen LogP contribution >= 0.6 is 0 Å². The predicted molar refractivity (Wildman–Crippen MR) is 145 cm³/mol. The molecule has 0 saturated carbocycles. The Kier molecular flexibility index (Phi) is 9.57. The van der Waals surface area contributed by atoms with Crippen LogP contribution in [-0.4, -0.2) is 37.2 Å². The smallest absolute Gasteiger partial charge is 0.337 e. The molecule has 0 aliphatic heterocycles. The summed E-state index contributed by atoms with van der Waals surface area (Å²) < 4.78 is 12.8. The van der Waals surface area contributed by atoms with Gasteiger partial charge in [-0.15, -0.1) is 0 Å². The first-order valence-corrected chi connectivity index (χ1v) is 13.0. The molecule has 6 heteroatoms. The summed E-state index contributed by atoms with van der Waals surface area (Å²) in [5, 5.41) is 4.27. The van der Waals surface area contributed by atoms with E-state index in [2.05, 4.69) is 62.0 Å². The van der Waals surface area contributed by atoms with Crippen LogP contribution in [0, 0.1) is 11.8 Å². The summed E-state index contributed by atoms with van der Waals surface area (Å²) in [6.07, 6.45) is 5.57. The minimum Gasteiger partial charge on any atom is -0.496 e. The van der Waals surface area contributed by atoms with Crippen molar-refractivity contribution < 1.29 is 19.1 Å². The number of aromatic nitrogens is 1. The molecule has 1 atom stereocenters. The first-order chi connectivity index (χ1) is 17.3. The van der Waals surface area contributed by atoms with Gasteiger partial charge in [-0.2, -0.15) is 0 Å². The highest BCUT2D eigenvalue weighted by Crippen LogP contribution is 2.30. The molecule has 0 fully saturated rings. The van der Waals surface area contributed by atoms with Crippen LogP contribution in [0.4, 0.5) is 0 Å². The first kappa shape index (κ1) is 27.3. The largest absolute Gasteiger partial charge is 0.496 e. The molecule has 6 nitrogen and oxygen atoms in total. The van der Waals surface area contributed by atoms with E-state index in [4.69, 9.17) is 9.47 Å². The zero-order chi connectivity index (χ0) is 26.2. The molecule has 1 N–H and O–H groups in total. The van der Waals surface area contributed by atoms with Crippen LogP contribution in [0.25, 0.3) is 10.9 Å². The highest BCUT2D eigenvalue weighted by Gasteiger charge is 2.23. The van der Waals surface area contributed by atoms with E-state index in [0.717, 1.165) is 30.5 Å². The Morgan fingerprint density at radius 3 is 2.42 bits per heavy atom. The summed E-state index contributed by atoms with van der Waals surface area (Å²) in [7, 11) is 2.99. The van der Waals surface area contributed by atoms with Crippen LogP contribution in [0.15, 0.2) is 42.6 Å². The molecule has 3 aromatic rings. The fourth-order valence-electron chi connectivity index (χ4n) is 4.72. The zero-order valence-corrected chi connectivity index (χ0v) is 22.5. The number of carbonyl (C=O) groups excluding carboxylic acids is 2. The Morgan fingerprint density at radius 1 is 1.00 bits per heavy atom. The molecule has 194 valence electrons. The number of nitrogens with zero attached hydrogens (tertiary/aromatic N) is 1. The lowest BCUT2D eigenvalue weighted by Crippen LogP contribution is -2.35. The minimum absolute atomic E-state index is 0.0684. The van der Waals surface area contributed by atoms with E-state index >= 15 is 0 Å². The van der Waals surface area contributed by atoms with Crippen LogP contribution in [-0.2, 0) is 28.9 Å². The molecule has 1 unspecified atom stereocenters. The Balaban J connectivity index is 1.98. The SMILES string of the molecule is CCCNC(=O)C(Cc1ccc2c(c1)c(Cc1ccc(C(=O)OC)cc1OC)cn2CCC)C(C)C. The maximum Gasteiger partial charge on any atom is 0.337 e. The van der Waals surface area contributed by atoms with E-state index in [1.54, 1.807) is 19.2 Å². The van der Waals surface area contributed by atoms with Gasteiger partial charge in [-0.3, -0.25) is 4.79 Å². The second-order valence-electron chi connectivity index (χ2n) is 9.74. The number of aryl methyl sites for hydroxylation is 1. The van der Waals surface area contributed by atoms with Gasteiger partial charge in [-0.05, 0) is 66.1 Å². The number of benzene rings is 2. The molecular weight excluding hydrogens is 452 g/mol. The number of methoxy groups -OCH3 is 2. The van der Waals surface area contributed by atoms with Crippen molar-refractivity contribution in [3.8, 4) is 5.75 Å². The zero-order valence-electron chi connectivity index (χ0n) is 22.5. The molecule has 1 amide bonds. The molecule has 2 aromatic carbocycles. The van der Waals surface area contributed by atoms with Crippen LogP contribution in [0.2, 0.25) is 0 Å². The maximum atomic E-state index is 12.8. The van der Waals surface area contributed by atoms with E-state index in [0.29, 0.717) is 30.7 Å². The summed E-state index contributed by atoms with van der Waals surface area (Å²) >= 11 is 0. The van der Waals surface area contributed by atoms with Gasteiger partial charge in [0.25, 0.3) is 0 Å².